The molecule has 0 saturated carbocycles. The van der Waals surface area contributed by atoms with Crippen molar-refractivity contribution in [3.05, 3.63) is 12.2 Å². The summed E-state index contributed by atoms with van der Waals surface area (Å²) in [5, 5.41) is 0. The summed E-state index contributed by atoms with van der Waals surface area (Å²) in [4.78, 5) is 0. The number of halogens is 3. The van der Waals surface area contributed by atoms with E-state index in [1.54, 1.807) is 0 Å². The summed E-state index contributed by atoms with van der Waals surface area (Å²) in [5.41, 5.74) is 0. The standard InChI is InChI=1S/C19H35F3/c1-2-3-4-5-6-7-8-9-10-11-12-13-14-15-16-17-18-19(20,21)22/h17-18H,2-16H2,1H3/b18-17-. The Kier molecular flexibility index (Phi) is 15.1. The van der Waals surface area contributed by atoms with Crippen LogP contribution in [0.4, 0.5) is 13.2 Å². The number of unbranched alkanes of at least 4 members (excludes halogenated alkanes) is 14. The molecule has 22 heavy (non-hydrogen) atoms. The summed E-state index contributed by atoms with van der Waals surface area (Å²) in [6, 6.07) is 0. The van der Waals surface area contributed by atoms with Crippen molar-refractivity contribution < 1.29 is 13.2 Å². The lowest BCUT2D eigenvalue weighted by atomic mass is 10.0. The van der Waals surface area contributed by atoms with E-state index < -0.39 is 6.18 Å². The third kappa shape index (κ3) is 19.5. The summed E-state index contributed by atoms with van der Waals surface area (Å²) >= 11 is 0. The Morgan fingerprint density at radius 3 is 1.32 bits per heavy atom. The Balaban J connectivity index is 3.07. The summed E-state index contributed by atoms with van der Waals surface area (Å²) in [6.07, 6.45) is 16.0. The second kappa shape index (κ2) is 15.4. The molecule has 0 aromatic rings. The van der Waals surface area contributed by atoms with Gasteiger partial charge in [-0.1, -0.05) is 96.5 Å². The lowest BCUT2D eigenvalue weighted by Gasteiger charge is -2.03. The Morgan fingerprint density at radius 1 is 0.591 bits per heavy atom. The van der Waals surface area contributed by atoms with Crippen LogP contribution in [0.5, 0.6) is 0 Å². The fourth-order valence-electron chi connectivity index (χ4n) is 2.67. The van der Waals surface area contributed by atoms with Crippen molar-refractivity contribution in [2.45, 2.75) is 109 Å². The van der Waals surface area contributed by atoms with Crippen LogP contribution in [0.15, 0.2) is 12.2 Å². The van der Waals surface area contributed by atoms with Gasteiger partial charge in [0.2, 0.25) is 0 Å². The quantitative estimate of drug-likeness (QED) is 0.212. The largest absolute Gasteiger partial charge is 0.409 e. The number of allylic oxidation sites excluding steroid dienone is 2. The van der Waals surface area contributed by atoms with Gasteiger partial charge in [-0.05, 0) is 12.8 Å². The normalized spacial score (nSPS) is 12.4. The number of hydrogen-bond donors (Lipinski definition) is 0. The maximum Gasteiger partial charge on any atom is 0.409 e. The first-order valence-electron chi connectivity index (χ1n) is 9.30. The predicted molar refractivity (Wildman–Crippen MR) is 90.1 cm³/mol. The van der Waals surface area contributed by atoms with E-state index in [4.69, 9.17) is 0 Å². The van der Waals surface area contributed by atoms with Gasteiger partial charge in [-0.2, -0.15) is 13.2 Å². The highest BCUT2D eigenvalue weighted by molar-refractivity contribution is 4.88. The molecule has 0 nitrogen and oxygen atoms in total. The van der Waals surface area contributed by atoms with E-state index >= 15 is 0 Å². The monoisotopic (exact) mass is 320 g/mol. The zero-order valence-electron chi connectivity index (χ0n) is 14.4. The molecule has 0 aliphatic rings. The minimum Gasteiger partial charge on any atom is -0.167 e. The van der Waals surface area contributed by atoms with Crippen LogP contribution >= 0.6 is 0 Å². The van der Waals surface area contributed by atoms with E-state index in [2.05, 4.69) is 6.92 Å². The average Bonchev–Trinajstić information content (AvgIpc) is 2.45. The van der Waals surface area contributed by atoms with Crippen molar-refractivity contribution in [2.24, 2.45) is 0 Å². The van der Waals surface area contributed by atoms with Crippen molar-refractivity contribution in [1.29, 1.82) is 0 Å². The molecule has 0 aromatic carbocycles. The molecule has 0 aliphatic carbocycles. The maximum absolute atomic E-state index is 11.8. The Morgan fingerprint density at radius 2 is 0.955 bits per heavy atom. The molecule has 0 aromatic heterocycles. The molecule has 0 bridgehead atoms. The molecule has 0 amide bonds. The van der Waals surface area contributed by atoms with Gasteiger partial charge in [0.05, 0.1) is 0 Å². The van der Waals surface area contributed by atoms with Gasteiger partial charge in [0.1, 0.15) is 0 Å². The third-order valence-electron chi connectivity index (χ3n) is 4.03. The molecule has 0 rings (SSSR count). The maximum atomic E-state index is 11.8. The van der Waals surface area contributed by atoms with Crippen molar-refractivity contribution in [1.82, 2.24) is 0 Å². The van der Waals surface area contributed by atoms with Crippen LogP contribution in [0, 0.1) is 0 Å². The van der Waals surface area contributed by atoms with E-state index in [1.807, 2.05) is 0 Å². The van der Waals surface area contributed by atoms with Crippen LogP contribution in [-0.2, 0) is 0 Å². The molecular weight excluding hydrogens is 285 g/mol. The number of hydrogen-bond acceptors (Lipinski definition) is 0. The molecule has 3 heteroatoms. The predicted octanol–water partition coefficient (Wildman–Crippen LogP) is 7.98. The number of rotatable bonds is 15. The minimum absolute atomic E-state index is 0.356. The molecule has 0 spiro atoms. The molecule has 0 aliphatic heterocycles. The first-order chi connectivity index (χ1) is 10.6. The first kappa shape index (κ1) is 21.5. The van der Waals surface area contributed by atoms with Crippen molar-refractivity contribution >= 4 is 0 Å². The zero-order chi connectivity index (χ0) is 16.5. The number of alkyl halides is 3. The van der Waals surface area contributed by atoms with Crippen LogP contribution in [-0.4, -0.2) is 6.18 Å². The Hall–Kier alpha value is -0.470. The highest BCUT2D eigenvalue weighted by Gasteiger charge is 2.21. The van der Waals surface area contributed by atoms with E-state index in [1.165, 1.54) is 76.7 Å². The topological polar surface area (TPSA) is 0 Å². The smallest absolute Gasteiger partial charge is 0.167 e. The molecule has 0 radical (unpaired) electrons. The van der Waals surface area contributed by atoms with E-state index in [-0.39, 0.29) is 0 Å². The van der Waals surface area contributed by atoms with Crippen LogP contribution in [0.1, 0.15) is 103 Å². The second-order valence-electron chi connectivity index (χ2n) is 6.33. The van der Waals surface area contributed by atoms with Gasteiger partial charge in [0, 0.05) is 6.08 Å². The fourth-order valence-corrected chi connectivity index (χ4v) is 2.67. The molecule has 0 heterocycles. The van der Waals surface area contributed by atoms with E-state index in [0.717, 1.165) is 19.3 Å². The average molecular weight is 320 g/mol. The van der Waals surface area contributed by atoms with Gasteiger partial charge in [0.25, 0.3) is 0 Å². The van der Waals surface area contributed by atoms with Crippen molar-refractivity contribution in [2.75, 3.05) is 0 Å². The SMILES string of the molecule is CCCCCCCCCCCCCCCC/C=C\C(F)(F)F. The molecule has 0 fully saturated rings. The van der Waals surface area contributed by atoms with Crippen LogP contribution < -0.4 is 0 Å². The van der Waals surface area contributed by atoms with Gasteiger partial charge in [-0.25, -0.2) is 0 Å². The Labute approximate surface area is 135 Å². The molecule has 0 N–H and O–H groups in total. The van der Waals surface area contributed by atoms with E-state index in [0.29, 0.717) is 12.5 Å². The highest BCUT2D eigenvalue weighted by Crippen LogP contribution is 2.17. The summed E-state index contributed by atoms with van der Waals surface area (Å²) < 4.78 is 35.5. The lowest BCUT2D eigenvalue weighted by Crippen LogP contribution is -2.00. The summed E-state index contributed by atoms with van der Waals surface area (Å²) in [7, 11) is 0. The van der Waals surface area contributed by atoms with Gasteiger partial charge in [-0.15, -0.1) is 0 Å². The van der Waals surface area contributed by atoms with E-state index in [9.17, 15) is 13.2 Å². The lowest BCUT2D eigenvalue weighted by molar-refractivity contribution is -0.0800. The third-order valence-corrected chi connectivity index (χ3v) is 4.03. The minimum atomic E-state index is -4.14. The molecule has 0 unspecified atom stereocenters. The van der Waals surface area contributed by atoms with Gasteiger partial charge in [-0.3, -0.25) is 0 Å². The summed E-state index contributed by atoms with van der Waals surface area (Å²) in [6.45, 7) is 2.25. The fraction of sp³-hybridized carbons (Fsp3) is 0.895. The first-order valence-corrected chi connectivity index (χ1v) is 9.30. The highest BCUT2D eigenvalue weighted by atomic mass is 19.4. The molecule has 132 valence electrons. The van der Waals surface area contributed by atoms with Crippen molar-refractivity contribution in [3.8, 4) is 0 Å². The summed E-state index contributed by atoms with van der Waals surface area (Å²) in [5.74, 6) is 0. The van der Waals surface area contributed by atoms with Crippen molar-refractivity contribution in [3.63, 3.8) is 0 Å². The van der Waals surface area contributed by atoms with Crippen LogP contribution in [0.2, 0.25) is 0 Å². The second-order valence-corrected chi connectivity index (χ2v) is 6.33. The Bertz CT molecular complexity index is 244. The van der Waals surface area contributed by atoms with Gasteiger partial charge < -0.3 is 0 Å². The van der Waals surface area contributed by atoms with Gasteiger partial charge >= 0.3 is 6.18 Å². The van der Waals surface area contributed by atoms with Crippen LogP contribution in [0.25, 0.3) is 0 Å². The zero-order valence-corrected chi connectivity index (χ0v) is 14.4. The van der Waals surface area contributed by atoms with Crippen LogP contribution in [0.3, 0.4) is 0 Å². The molecule has 0 atom stereocenters. The van der Waals surface area contributed by atoms with Gasteiger partial charge in [0.15, 0.2) is 0 Å². The molecule has 0 saturated heterocycles. The molecular formula is C19H35F3.